The van der Waals surface area contributed by atoms with E-state index >= 15 is 0 Å². The van der Waals surface area contributed by atoms with Crippen molar-refractivity contribution in [2.45, 2.75) is 58.0 Å². The largest absolute Gasteiger partial charge is 0.465 e. The Balaban J connectivity index is 2.41. The van der Waals surface area contributed by atoms with E-state index in [0.717, 1.165) is 4.31 Å². The summed E-state index contributed by atoms with van der Waals surface area (Å²) in [7, 11) is -2.80. The molecule has 0 spiro atoms. The third kappa shape index (κ3) is 5.59. The second-order valence-electron chi connectivity index (χ2n) is 7.30. The van der Waals surface area contributed by atoms with Gasteiger partial charge in [-0.15, -0.1) is 0 Å². The Morgan fingerprint density at radius 1 is 1.26 bits per heavy atom. The molecule has 0 fully saturated rings. The number of carbonyl (C=O) groups excluding carboxylic acids is 1. The zero-order valence-electron chi connectivity index (χ0n) is 19.7. The highest BCUT2D eigenvalue weighted by molar-refractivity contribution is 7.89. The average molecular weight is 451 g/mol. The predicted octanol–water partition coefficient (Wildman–Crippen LogP) is 2.45. The minimum atomic E-state index is -4.13. The number of sulfonamides is 1. The van der Waals surface area contributed by atoms with Gasteiger partial charge in [0.05, 0.1) is 19.4 Å². The van der Waals surface area contributed by atoms with Gasteiger partial charge in [-0.25, -0.2) is 13.4 Å². The summed E-state index contributed by atoms with van der Waals surface area (Å²) in [5.41, 5.74) is 0.385. The van der Waals surface area contributed by atoms with Crippen LogP contribution in [0.1, 0.15) is 46.9 Å². The summed E-state index contributed by atoms with van der Waals surface area (Å²) in [4.78, 5) is 28.7. The highest BCUT2D eigenvalue weighted by Crippen LogP contribution is 2.23. The molecule has 0 saturated heterocycles. The lowest BCUT2D eigenvalue weighted by Crippen LogP contribution is -2.47. The molecule has 2 atom stereocenters. The van der Waals surface area contributed by atoms with Crippen molar-refractivity contribution in [3.05, 3.63) is 58.2 Å². The molecular weight excluding hydrogens is 418 g/mol. The molecule has 2 aromatic rings. The van der Waals surface area contributed by atoms with Crippen molar-refractivity contribution >= 4 is 16.0 Å². The van der Waals surface area contributed by atoms with Crippen LogP contribution in [0, 0.1) is 5.92 Å². The Labute approximate surface area is 185 Å². The molecule has 31 heavy (non-hydrogen) atoms. The number of hydrogen-bond acceptors (Lipinski definition) is 6. The number of benzene rings is 1. The van der Waals surface area contributed by atoms with Gasteiger partial charge in [-0.2, -0.15) is 4.31 Å². The first-order valence-corrected chi connectivity index (χ1v) is 11.8. The number of rotatable bonds is 10. The first kappa shape index (κ1) is 23.1. The van der Waals surface area contributed by atoms with Crippen LogP contribution >= 0.6 is 0 Å². The maximum atomic E-state index is 13.3. The van der Waals surface area contributed by atoms with E-state index in [9.17, 15) is 18.0 Å². The van der Waals surface area contributed by atoms with Crippen LogP contribution in [0.25, 0.3) is 0 Å². The summed E-state index contributed by atoms with van der Waals surface area (Å²) in [6, 6.07) is 4.48. The fraction of sp³-hybridized carbons (Fsp3) is 0.500. The molecule has 0 aliphatic rings. The number of nitrogens with zero attached hydrogens (tertiary/aromatic N) is 3. The molecule has 0 saturated carbocycles. The number of aryl methyl sites for hydroxylation is 1. The lowest BCUT2D eigenvalue weighted by molar-refractivity contribution is -0.149. The van der Waals surface area contributed by atoms with Crippen LogP contribution in [0.2, 0.25) is 0 Å². The first-order valence-electron chi connectivity index (χ1n) is 10.9. The van der Waals surface area contributed by atoms with E-state index in [1.807, 2.05) is 13.8 Å². The molecule has 1 heterocycles. The van der Waals surface area contributed by atoms with E-state index in [2.05, 4.69) is 4.98 Å². The van der Waals surface area contributed by atoms with Crippen LogP contribution in [0.15, 0.2) is 46.2 Å². The van der Waals surface area contributed by atoms with Gasteiger partial charge < -0.3 is 4.74 Å². The number of carbonyl (C=O) groups is 1. The zero-order chi connectivity index (χ0) is 24.1. The second kappa shape index (κ2) is 10.7. The topological polar surface area (TPSA) is 98.6 Å². The molecule has 170 valence electrons. The predicted molar refractivity (Wildman–Crippen MR) is 118 cm³/mol. The van der Waals surface area contributed by atoms with Crippen LogP contribution < -0.4 is 5.56 Å². The summed E-state index contributed by atoms with van der Waals surface area (Å²) in [6.07, 6.45) is 2.60. The monoisotopic (exact) mass is 450 g/mol. The summed E-state index contributed by atoms with van der Waals surface area (Å²) in [6.45, 7) is 7.53. The van der Waals surface area contributed by atoms with Crippen LogP contribution in [-0.4, -0.2) is 47.9 Å². The Morgan fingerprint density at radius 3 is 2.55 bits per heavy atom. The molecule has 2 rings (SSSR count). The molecule has 0 aliphatic heterocycles. The lowest BCUT2D eigenvalue weighted by Gasteiger charge is -2.29. The van der Waals surface area contributed by atoms with Crippen molar-refractivity contribution < 1.29 is 19.3 Å². The minimum absolute atomic E-state index is 0.144. The van der Waals surface area contributed by atoms with Gasteiger partial charge in [-0.1, -0.05) is 39.3 Å². The van der Waals surface area contributed by atoms with E-state index in [0.29, 0.717) is 24.2 Å². The van der Waals surface area contributed by atoms with Gasteiger partial charge in [0, 0.05) is 25.7 Å². The average Bonchev–Trinajstić information content (AvgIpc) is 2.75. The molecular formula is C22H31N3O5S. The van der Waals surface area contributed by atoms with Crippen LogP contribution in [-0.2, 0) is 32.5 Å². The fourth-order valence-electron chi connectivity index (χ4n) is 3.30. The number of hydrogen-bond donors (Lipinski definition) is 0. The van der Waals surface area contributed by atoms with Gasteiger partial charge in [0.1, 0.15) is 11.9 Å². The van der Waals surface area contributed by atoms with E-state index < -0.39 is 22.0 Å². The molecule has 1 aromatic carbocycles. The zero-order valence-corrected chi connectivity index (χ0v) is 19.5. The van der Waals surface area contributed by atoms with E-state index in [1.54, 1.807) is 19.9 Å². The standard InChI is InChI=1S/C22H31N3O5S/c1-6-16(4)21(22(27)30-8-3)24(5)31(28,29)18-11-9-17(10-12-18)15-25-19(7-2)23-14-13-20(25)26/h9-14,16,21H,6-8,15H2,1-5H3/t16-,21-/m0/s1/i11D. The maximum absolute atomic E-state index is 13.3. The smallest absolute Gasteiger partial charge is 0.324 e. The summed E-state index contributed by atoms with van der Waals surface area (Å²) in [5, 5.41) is 0. The minimum Gasteiger partial charge on any atom is -0.465 e. The molecule has 8 nitrogen and oxygen atoms in total. The molecule has 0 unspecified atom stereocenters. The normalized spacial score (nSPS) is 14.2. The first-order chi connectivity index (χ1) is 15.1. The molecule has 1 aromatic heterocycles. The molecule has 0 amide bonds. The highest BCUT2D eigenvalue weighted by atomic mass is 32.2. The Bertz CT molecular complexity index is 1120. The Kier molecular flexibility index (Phi) is 7.97. The molecule has 0 aliphatic carbocycles. The number of esters is 1. The highest BCUT2D eigenvalue weighted by Gasteiger charge is 2.37. The summed E-state index contributed by atoms with van der Waals surface area (Å²) >= 11 is 0. The molecule has 9 heteroatoms. The van der Waals surface area contributed by atoms with Crippen molar-refractivity contribution in [3.63, 3.8) is 0 Å². The second-order valence-corrected chi connectivity index (χ2v) is 9.27. The van der Waals surface area contributed by atoms with Crippen molar-refractivity contribution in [1.82, 2.24) is 13.9 Å². The van der Waals surface area contributed by atoms with Gasteiger partial charge in [-0.3, -0.25) is 14.2 Å². The Morgan fingerprint density at radius 2 is 1.97 bits per heavy atom. The van der Waals surface area contributed by atoms with Crippen molar-refractivity contribution in [2.24, 2.45) is 5.92 Å². The van der Waals surface area contributed by atoms with Gasteiger partial charge in [0.25, 0.3) is 5.56 Å². The molecule has 0 N–H and O–H groups in total. The molecule has 0 bridgehead atoms. The molecule has 0 radical (unpaired) electrons. The third-order valence-corrected chi connectivity index (χ3v) is 7.08. The van der Waals surface area contributed by atoms with Crippen LogP contribution in [0.4, 0.5) is 0 Å². The van der Waals surface area contributed by atoms with Gasteiger partial charge in [0.15, 0.2) is 0 Å². The van der Waals surface area contributed by atoms with Crippen molar-refractivity contribution in [1.29, 1.82) is 0 Å². The van der Waals surface area contributed by atoms with Gasteiger partial charge in [0.2, 0.25) is 10.0 Å². The SMILES string of the molecule is [2H]c1cc(Cn2c(CC)nccc2=O)ccc1S(=O)(=O)N(C)[C@H](C(=O)OCC)[C@@H](C)CC. The lowest BCUT2D eigenvalue weighted by atomic mass is 9.99. The summed E-state index contributed by atoms with van der Waals surface area (Å²) < 4.78 is 42.5. The van der Waals surface area contributed by atoms with Gasteiger partial charge >= 0.3 is 5.97 Å². The number of likely N-dealkylation sites (N-methyl/N-ethyl adjacent to an activating group) is 1. The van der Waals surface area contributed by atoms with Crippen molar-refractivity contribution in [2.75, 3.05) is 13.7 Å². The van der Waals surface area contributed by atoms with Crippen LogP contribution in [0.5, 0.6) is 0 Å². The van der Waals surface area contributed by atoms with Crippen LogP contribution in [0.3, 0.4) is 0 Å². The number of aromatic nitrogens is 2. The van der Waals surface area contributed by atoms with Crippen molar-refractivity contribution in [3.8, 4) is 0 Å². The third-order valence-electron chi connectivity index (χ3n) is 5.28. The van der Waals surface area contributed by atoms with Gasteiger partial charge in [-0.05, 0) is 30.5 Å². The fourth-order valence-corrected chi connectivity index (χ4v) is 4.66. The quantitative estimate of drug-likeness (QED) is 0.516. The van der Waals surface area contributed by atoms with E-state index in [4.69, 9.17) is 6.11 Å². The van der Waals surface area contributed by atoms with E-state index in [-0.39, 0.29) is 35.6 Å². The Hall–Kier alpha value is -2.52. The van der Waals surface area contributed by atoms with E-state index in [1.165, 1.54) is 36.0 Å². The maximum Gasteiger partial charge on any atom is 0.324 e. The summed E-state index contributed by atoms with van der Waals surface area (Å²) in [5.74, 6) is -0.280. The number of ether oxygens (including phenoxy) is 1.